The molecule has 0 saturated carbocycles. The maximum absolute atomic E-state index is 13.4. The van der Waals surface area contributed by atoms with Gasteiger partial charge in [0.05, 0.1) is 23.9 Å². The third-order valence-corrected chi connectivity index (χ3v) is 6.93. The Labute approximate surface area is 197 Å². The molecule has 0 unspecified atom stereocenters. The number of rotatable bonds is 4. The lowest BCUT2D eigenvalue weighted by Gasteiger charge is -2.26. The Hall–Kier alpha value is -3.49. The van der Waals surface area contributed by atoms with Crippen LogP contribution in [0.15, 0.2) is 53.6 Å². The van der Waals surface area contributed by atoms with E-state index in [1.165, 1.54) is 27.1 Å². The number of carbonyl (C=O) groups excluding carboxylic acids is 2. The zero-order valence-electron chi connectivity index (χ0n) is 17.8. The average Bonchev–Trinajstić information content (AvgIpc) is 3.15. The summed E-state index contributed by atoms with van der Waals surface area (Å²) in [7, 11) is 1.64. The molecule has 0 fully saturated rings. The van der Waals surface area contributed by atoms with E-state index in [0.717, 1.165) is 16.0 Å². The van der Waals surface area contributed by atoms with Gasteiger partial charge in [0.2, 0.25) is 0 Å². The van der Waals surface area contributed by atoms with Crippen molar-refractivity contribution < 1.29 is 14.3 Å². The number of aromatic nitrogens is 2. The molecule has 1 aliphatic rings. The van der Waals surface area contributed by atoms with Crippen molar-refractivity contribution >= 4 is 50.5 Å². The van der Waals surface area contributed by atoms with Crippen LogP contribution in [0.25, 0.3) is 21.3 Å². The van der Waals surface area contributed by atoms with Crippen LogP contribution in [0.2, 0.25) is 5.02 Å². The molecular weight excluding hydrogens is 462 g/mol. The van der Waals surface area contributed by atoms with Crippen molar-refractivity contribution in [2.45, 2.75) is 13.5 Å². The fourth-order valence-electron chi connectivity index (χ4n) is 3.91. The predicted octanol–water partition coefficient (Wildman–Crippen LogP) is 4.32. The topological polar surface area (TPSA) is 81.5 Å². The van der Waals surface area contributed by atoms with Crippen LogP contribution in [0.5, 0.6) is 5.75 Å². The second-order valence-electron chi connectivity index (χ2n) is 7.75. The highest BCUT2D eigenvalue weighted by molar-refractivity contribution is 7.19. The van der Waals surface area contributed by atoms with Crippen LogP contribution >= 0.6 is 22.9 Å². The number of ketones is 1. The van der Waals surface area contributed by atoms with Crippen molar-refractivity contribution in [2.24, 2.45) is 0 Å². The summed E-state index contributed by atoms with van der Waals surface area (Å²) in [5.74, 6) is 0.0725. The maximum atomic E-state index is 13.4. The minimum absolute atomic E-state index is 0.0338. The lowest BCUT2D eigenvalue weighted by Crippen LogP contribution is -2.35. The molecule has 2 aromatic heterocycles. The monoisotopic (exact) mass is 479 g/mol. The molecule has 3 heterocycles. The van der Waals surface area contributed by atoms with Gasteiger partial charge >= 0.3 is 0 Å². The second-order valence-corrected chi connectivity index (χ2v) is 9.38. The van der Waals surface area contributed by atoms with Gasteiger partial charge in [0, 0.05) is 28.1 Å². The highest BCUT2D eigenvalue weighted by Crippen LogP contribution is 2.36. The van der Waals surface area contributed by atoms with Gasteiger partial charge in [-0.2, -0.15) is 0 Å². The number of Topliss-reactive ketones (excluding diaryl/α,β-unsaturated/α-hetero) is 1. The van der Waals surface area contributed by atoms with Crippen molar-refractivity contribution in [1.82, 2.24) is 9.55 Å². The maximum Gasteiger partial charge on any atom is 0.264 e. The Morgan fingerprint density at radius 1 is 1.18 bits per heavy atom. The van der Waals surface area contributed by atoms with Gasteiger partial charge in [-0.3, -0.25) is 19.0 Å². The molecule has 7 nitrogen and oxygen atoms in total. The smallest absolute Gasteiger partial charge is 0.264 e. The summed E-state index contributed by atoms with van der Waals surface area (Å²) in [6.45, 7) is 1.74. The number of nitrogens with zero attached hydrogens (tertiary/aromatic N) is 3. The van der Waals surface area contributed by atoms with Crippen LogP contribution < -0.4 is 15.2 Å². The minimum Gasteiger partial charge on any atom is -0.482 e. The van der Waals surface area contributed by atoms with Crippen LogP contribution in [0.1, 0.15) is 15.2 Å². The molecule has 0 spiro atoms. The zero-order valence-corrected chi connectivity index (χ0v) is 19.4. The zero-order chi connectivity index (χ0) is 23.3. The van der Waals surface area contributed by atoms with Gasteiger partial charge < -0.3 is 9.64 Å². The normalized spacial score (nSPS) is 13.2. The van der Waals surface area contributed by atoms with Gasteiger partial charge in [0.25, 0.3) is 11.5 Å². The molecule has 2 aromatic carbocycles. The van der Waals surface area contributed by atoms with Crippen molar-refractivity contribution in [3.05, 3.63) is 74.6 Å². The second kappa shape index (κ2) is 8.13. The van der Waals surface area contributed by atoms with Crippen molar-refractivity contribution in [3.8, 4) is 16.9 Å². The summed E-state index contributed by atoms with van der Waals surface area (Å²) in [4.78, 5) is 45.8. The van der Waals surface area contributed by atoms with Crippen molar-refractivity contribution in [3.63, 3.8) is 0 Å². The predicted molar refractivity (Wildman–Crippen MR) is 129 cm³/mol. The van der Waals surface area contributed by atoms with E-state index in [2.05, 4.69) is 4.98 Å². The lowest BCUT2D eigenvalue weighted by atomic mass is 10.0. The lowest BCUT2D eigenvalue weighted by molar-refractivity contribution is -0.120. The first-order valence-corrected chi connectivity index (χ1v) is 11.3. The Morgan fingerprint density at radius 2 is 1.94 bits per heavy atom. The largest absolute Gasteiger partial charge is 0.482 e. The number of anilines is 1. The van der Waals surface area contributed by atoms with Gasteiger partial charge in [0.1, 0.15) is 10.6 Å². The molecule has 5 rings (SSSR count). The Kier molecular flexibility index (Phi) is 5.26. The first-order valence-electron chi connectivity index (χ1n) is 10.1. The molecule has 1 aliphatic heterocycles. The number of halogens is 1. The summed E-state index contributed by atoms with van der Waals surface area (Å²) < 4.78 is 6.74. The van der Waals surface area contributed by atoms with E-state index in [1.54, 1.807) is 37.4 Å². The molecule has 0 radical (unpaired) electrons. The highest BCUT2D eigenvalue weighted by Gasteiger charge is 2.24. The number of amides is 1. The molecular formula is C24H18ClN3O4S. The number of benzene rings is 2. The molecule has 166 valence electrons. The van der Waals surface area contributed by atoms with Gasteiger partial charge in [-0.15, -0.1) is 11.3 Å². The molecule has 4 aromatic rings. The Bertz CT molecular complexity index is 1490. The van der Waals surface area contributed by atoms with E-state index >= 15 is 0 Å². The van der Waals surface area contributed by atoms with Gasteiger partial charge in [-0.05, 0) is 42.8 Å². The van der Waals surface area contributed by atoms with E-state index < -0.39 is 0 Å². The minimum atomic E-state index is -0.281. The van der Waals surface area contributed by atoms with Gasteiger partial charge in [-0.1, -0.05) is 23.7 Å². The van der Waals surface area contributed by atoms with Crippen LogP contribution in [0, 0.1) is 6.92 Å². The number of hydrogen-bond donors (Lipinski definition) is 0. The number of hydrogen-bond acceptors (Lipinski definition) is 6. The molecule has 9 heteroatoms. The summed E-state index contributed by atoms with van der Waals surface area (Å²) in [6.07, 6.45) is 1.40. The summed E-state index contributed by atoms with van der Waals surface area (Å²) >= 11 is 7.46. The Morgan fingerprint density at radius 3 is 2.70 bits per heavy atom. The van der Waals surface area contributed by atoms with Crippen LogP contribution in [0.3, 0.4) is 0 Å². The average molecular weight is 480 g/mol. The number of thiophene rings is 1. The molecule has 0 aliphatic carbocycles. The third-order valence-electron chi connectivity index (χ3n) is 5.67. The molecule has 1 amide bonds. The molecule has 0 N–H and O–H groups in total. The summed E-state index contributed by atoms with van der Waals surface area (Å²) in [5, 5.41) is 1.10. The standard InChI is InChI=1S/C24H18ClN3O4S/c1-13-21(14-3-6-16(25)7-4-14)22-23(33-13)26-12-28(24(22)31)10-18(29)15-5-8-19-17(9-15)27(2)20(30)11-32-19/h3-9,12H,10-11H2,1-2H3. The van der Waals surface area contributed by atoms with Crippen LogP contribution in [-0.4, -0.2) is 34.9 Å². The van der Waals surface area contributed by atoms with E-state index in [4.69, 9.17) is 16.3 Å². The quantitative estimate of drug-likeness (QED) is 0.407. The highest BCUT2D eigenvalue weighted by atomic mass is 35.5. The first-order chi connectivity index (χ1) is 15.8. The molecule has 0 atom stereocenters. The molecule has 0 saturated heterocycles. The SMILES string of the molecule is Cc1sc2ncn(CC(=O)c3ccc4c(c3)N(C)C(=O)CO4)c(=O)c2c1-c1ccc(Cl)cc1. The van der Waals surface area contributed by atoms with E-state index in [-0.39, 0.29) is 30.4 Å². The number of aryl methyl sites for hydroxylation is 1. The van der Waals surface area contributed by atoms with E-state index in [1.807, 2.05) is 19.1 Å². The van der Waals surface area contributed by atoms with Crippen molar-refractivity contribution in [1.29, 1.82) is 0 Å². The summed E-state index contributed by atoms with van der Waals surface area (Å²) in [6, 6.07) is 12.2. The number of fused-ring (bicyclic) bond motifs is 2. The summed E-state index contributed by atoms with van der Waals surface area (Å²) in [5.41, 5.74) is 2.30. The molecule has 0 bridgehead atoms. The number of carbonyl (C=O) groups is 2. The molecule has 33 heavy (non-hydrogen) atoms. The van der Waals surface area contributed by atoms with Crippen molar-refractivity contribution in [2.75, 3.05) is 18.6 Å². The van der Waals surface area contributed by atoms with Gasteiger partial charge in [0.15, 0.2) is 12.4 Å². The van der Waals surface area contributed by atoms with Crippen LogP contribution in [0.4, 0.5) is 5.69 Å². The fourth-order valence-corrected chi connectivity index (χ4v) is 5.04. The Balaban J connectivity index is 1.52. The van der Waals surface area contributed by atoms with Gasteiger partial charge in [-0.25, -0.2) is 4.98 Å². The third kappa shape index (κ3) is 3.71. The van der Waals surface area contributed by atoms with Crippen LogP contribution in [-0.2, 0) is 11.3 Å². The van der Waals surface area contributed by atoms with E-state index in [0.29, 0.717) is 32.2 Å². The first kappa shape index (κ1) is 21.4. The van der Waals surface area contributed by atoms with E-state index in [9.17, 15) is 14.4 Å². The number of likely N-dealkylation sites (N-methyl/N-ethyl adjacent to an activating group) is 1. The number of ether oxygens (including phenoxy) is 1. The fraction of sp³-hybridized carbons (Fsp3) is 0.167.